The summed E-state index contributed by atoms with van der Waals surface area (Å²) in [7, 11) is -3.52. The van der Waals surface area contributed by atoms with Gasteiger partial charge in [-0.2, -0.15) is 0 Å². The molecule has 0 saturated heterocycles. The van der Waals surface area contributed by atoms with Crippen LogP contribution in [0.4, 0.5) is 0 Å². The normalized spacial score (nSPS) is 13.5. The van der Waals surface area contributed by atoms with E-state index < -0.39 is 10.0 Å². The van der Waals surface area contributed by atoms with Gasteiger partial charge in [-0.05, 0) is 30.9 Å². The van der Waals surface area contributed by atoms with Gasteiger partial charge in [0.2, 0.25) is 10.0 Å². The second-order valence-electron chi connectivity index (χ2n) is 4.14. The molecule has 0 aliphatic heterocycles. The van der Waals surface area contributed by atoms with Gasteiger partial charge in [-0.3, -0.25) is 0 Å². The zero-order chi connectivity index (χ0) is 13.6. The first-order chi connectivity index (χ1) is 8.45. The summed E-state index contributed by atoms with van der Waals surface area (Å²) in [6.45, 7) is 2.37. The quantitative estimate of drug-likeness (QED) is 0.588. The fourth-order valence-electron chi connectivity index (χ4n) is 1.38. The van der Waals surface area contributed by atoms with E-state index in [0.29, 0.717) is 13.0 Å². The topological polar surface area (TPSA) is 79.3 Å². The van der Waals surface area contributed by atoms with E-state index in [1.54, 1.807) is 0 Å². The average Bonchev–Trinajstić information content (AvgIpc) is 2.34. The Hall–Kier alpha value is -0.690. The van der Waals surface area contributed by atoms with Crippen LogP contribution in [0.1, 0.15) is 19.8 Å². The molecule has 1 rings (SSSR count). The number of hydrogen-bond donors (Lipinski definition) is 2. The summed E-state index contributed by atoms with van der Waals surface area (Å²) in [5.74, 6) is 0.185. The summed E-state index contributed by atoms with van der Waals surface area (Å²) in [4.78, 5) is 3.84. The molecule has 5 nitrogen and oxygen atoms in total. The maximum Gasteiger partial charge on any atom is 0.240 e. The molecular formula is C11H17ClN2O3S. The number of sulfonamides is 1. The Morgan fingerprint density at radius 1 is 1.56 bits per heavy atom. The lowest BCUT2D eigenvalue weighted by molar-refractivity contribution is 0.228. The number of nitrogens with one attached hydrogen (secondary N) is 1. The Morgan fingerprint density at radius 2 is 2.28 bits per heavy atom. The summed E-state index contributed by atoms with van der Waals surface area (Å²) < 4.78 is 26.2. The lowest BCUT2D eigenvalue weighted by Gasteiger charge is -2.09. The molecule has 0 bridgehead atoms. The molecule has 0 fully saturated rings. The van der Waals surface area contributed by atoms with E-state index in [-0.39, 0.29) is 22.6 Å². The Labute approximate surface area is 112 Å². The molecule has 0 saturated carbocycles. The van der Waals surface area contributed by atoms with Crippen LogP contribution in [0.3, 0.4) is 0 Å². The van der Waals surface area contributed by atoms with Crippen LogP contribution in [0.2, 0.25) is 5.15 Å². The average molecular weight is 293 g/mol. The van der Waals surface area contributed by atoms with Crippen molar-refractivity contribution in [2.45, 2.75) is 24.7 Å². The van der Waals surface area contributed by atoms with Gasteiger partial charge in [-0.15, -0.1) is 0 Å². The third kappa shape index (κ3) is 4.89. The number of pyridine rings is 1. The van der Waals surface area contributed by atoms with Gasteiger partial charge in [0.15, 0.2) is 0 Å². The molecule has 0 radical (unpaired) electrons. The van der Waals surface area contributed by atoms with E-state index in [1.807, 2.05) is 6.92 Å². The van der Waals surface area contributed by atoms with Crippen molar-refractivity contribution in [2.75, 3.05) is 13.2 Å². The molecule has 102 valence electrons. The Kier molecular flexibility index (Phi) is 6.01. The smallest absolute Gasteiger partial charge is 0.240 e. The first-order valence-corrected chi connectivity index (χ1v) is 7.54. The fourth-order valence-corrected chi connectivity index (χ4v) is 2.71. The van der Waals surface area contributed by atoms with Crippen molar-refractivity contribution in [2.24, 2.45) is 5.92 Å². The third-order valence-electron chi connectivity index (χ3n) is 2.49. The first kappa shape index (κ1) is 15.4. The van der Waals surface area contributed by atoms with Gasteiger partial charge in [-0.25, -0.2) is 18.1 Å². The molecule has 0 amide bonds. The SMILES string of the molecule is CC(CO)CCCNS(=O)(=O)c1ccnc(Cl)c1. The zero-order valence-electron chi connectivity index (χ0n) is 10.1. The Bertz CT molecular complexity index is 479. The number of aromatic nitrogens is 1. The van der Waals surface area contributed by atoms with Gasteiger partial charge in [0, 0.05) is 19.3 Å². The van der Waals surface area contributed by atoms with E-state index in [1.165, 1.54) is 18.3 Å². The van der Waals surface area contributed by atoms with Gasteiger partial charge in [0.1, 0.15) is 5.15 Å². The van der Waals surface area contributed by atoms with Crippen molar-refractivity contribution in [1.82, 2.24) is 9.71 Å². The maximum atomic E-state index is 11.9. The van der Waals surface area contributed by atoms with Crippen molar-refractivity contribution in [3.05, 3.63) is 23.5 Å². The van der Waals surface area contributed by atoms with Gasteiger partial charge in [-0.1, -0.05) is 18.5 Å². The van der Waals surface area contributed by atoms with Gasteiger partial charge >= 0.3 is 0 Å². The second-order valence-corrected chi connectivity index (χ2v) is 6.30. The largest absolute Gasteiger partial charge is 0.396 e. The highest BCUT2D eigenvalue weighted by molar-refractivity contribution is 7.89. The highest BCUT2D eigenvalue weighted by Gasteiger charge is 2.13. The molecule has 2 N–H and O–H groups in total. The van der Waals surface area contributed by atoms with Crippen LogP contribution >= 0.6 is 11.6 Å². The van der Waals surface area contributed by atoms with E-state index >= 15 is 0 Å². The number of aliphatic hydroxyl groups excluding tert-OH is 1. The van der Waals surface area contributed by atoms with Crippen LogP contribution in [0.5, 0.6) is 0 Å². The zero-order valence-corrected chi connectivity index (χ0v) is 11.7. The van der Waals surface area contributed by atoms with E-state index in [9.17, 15) is 8.42 Å². The van der Waals surface area contributed by atoms with Crippen molar-refractivity contribution >= 4 is 21.6 Å². The van der Waals surface area contributed by atoms with Crippen molar-refractivity contribution in [1.29, 1.82) is 0 Å². The van der Waals surface area contributed by atoms with E-state index in [2.05, 4.69) is 9.71 Å². The van der Waals surface area contributed by atoms with Gasteiger partial charge in [0.05, 0.1) is 4.90 Å². The number of aliphatic hydroxyl groups is 1. The summed E-state index contributed by atoms with van der Waals surface area (Å²) >= 11 is 5.64. The lowest BCUT2D eigenvalue weighted by atomic mass is 10.1. The molecule has 1 heterocycles. The highest BCUT2D eigenvalue weighted by atomic mass is 35.5. The first-order valence-electron chi connectivity index (χ1n) is 5.68. The summed E-state index contributed by atoms with van der Waals surface area (Å²) in [5.41, 5.74) is 0. The highest BCUT2D eigenvalue weighted by Crippen LogP contribution is 2.12. The minimum absolute atomic E-state index is 0.109. The predicted molar refractivity (Wildman–Crippen MR) is 69.9 cm³/mol. The van der Waals surface area contributed by atoms with Crippen LogP contribution in [-0.4, -0.2) is 31.7 Å². The molecule has 1 aromatic rings. The monoisotopic (exact) mass is 292 g/mol. The summed E-state index contributed by atoms with van der Waals surface area (Å²) in [6.07, 6.45) is 2.81. The van der Waals surface area contributed by atoms with Crippen LogP contribution in [0.25, 0.3) is 0 Å². The van der Waals surface area contributed by atoms with Crippen molar-refractivity contribution in [3.8, 4) is 0 Å². The maximum absolute atomic E-state index is 11.9. The van der Waals surface area contributed by atoms with Crippen LogP contribution < -0.4 is 4.72 Å². The number of halogens is 1. The molecule has 0 aliphatic rings. The standard InChI is InChI=1S/C11H17ClN2O3S/c1-9(8-15)3-2-5-14-18(16,17)10-4-6-13-11(12)7-10/h4,6-7,9,14-15H,2-3,5,8H2,1H3. The van der Waals surface area contributed by atoms with Crippen LogP contribution in [-0.2, 0) is 10.0 Å². The van der Waals surface area contributed by atoms with Crippen LogP contribution in [0, 0.1) is 5.92 Å². The minimum Gasteiger partial charge on any atom is -0.396 e. The Balaban J connectivity index is 2.51. The second kappa shape index (κ2) is 7.04. The van der Waals surface area contributed by atoms with Gasteiger partial charge in [0.25, 0.3) is 0 Å². The molecule has 7 heteroatoms. The molecule has 0 aliphatic carbocycles. The molecule has 1 unspecified atom stereocenters. The summed E-state index contributed by atoms with van der Waals surface area (Å²) in [5, 5.41) is 8.99. The third-order valence-corrected chi connectivity index (χ3v) is 4.15. The molecule has 0 aromatic carbocycles. The summed E-state index contributed by atoms with van der Waals surface area (Å²) in [6, 6.07) is 2.70. The van der Waals surface area contributed by atoms with Gasteiger partial charge < -0.3 is 5.11 Å². The lowest BCUT2D eigenvalue weighted by Crippen LogP contribution is -2.25. The predicted octanol–water partition coefficient (Wildman–Crippen LogP) is 1.42. The molecule has 0 spiro atoms. The molecule has 1 atom stereocenters. The van der Waals surface area contributed by atoms with Crippen LogP contribution in [0.15, 0.2) is 23.2 Å². The van der Waals surface area contributed by atoms with Crippen molar-refractivity contribution in [3.63, 3.8) is 0 Å². The minimum atomic E-state index is -3.52. The van der Waals surface area contributed by atoms with E-state index in [4.69, 9.17) is 16.7 Å². The Morgan fingerprint density at radius 3 is 2.89 bits per heavy atom. The fraction of sp³-hybridized carbons (Fsp3) is 0.545. The molecule has 18 heavy (non-hydrogen) atoms. The molecule has 1 aromatic heterocycles. The van der Waals surface area contributed by atoms with E-state index in [0.717, 1.165) is 6.42 Å². The molecular weight excluding hydrogens is 276 g/mol. The number of nitrogens with zero attached hydrogens (tertiary/aromatic N) is 1. The van der Waals surface area contributed by atoms with Crippen molar-refractivity contribution < 1.29 is 13.5 Å². The number of rotatable bonds is 7. The number of hydrogen-bond acceptors (Lipinski definition) is 4.